The Morgan fingerprint density at radius 1 is 1.26 bits per heavy atom. The van der Waals surface area contributed by atoms with Crippen molar-refractivity contribution < 1.29 is 14.3 Å². The fourth-order valence-corrected chi connectivity index (χ4v) is 4.79. The Kier molecular flexibility index (Phi) is 5.76. The van der Waals surface area contributed by atoms with Crippen LogP contribution in [0.4, 0.5) is 4.39 Å². The minimum Gasteiger partial charge on any atom is -0.389 e. The Morgan fingerprint density at radius 3 is 2.77 bits per heavy atom. The number of fused-ring (bicyclic) bond motifs is 1. The van der Waals surface area contributed by atoms with Crippen LogP contribution in [0.5, 0.6) is 0 Å². The van der Waals surface area contributed by atoms with Crippen molar-refractivity contribution >= 4 is 22.5 Å². The van der Waals surface area contributed by atoms with Gasteiger partial charge in [0, 0.05) is 46.6 Å². The second-order valence-electron chi connectivity index (χ2n) is 9.82. The SMILES string of the molecule is CC(C)(O)Cn1cc(-c2ccc(-c3cnc4[nH]ccc4c3C3=CCC(C(N)=O)CC3)cc2F)cn1. The topological polar surface area (TPSA) is 110 Å². The van der Waals surface area contributed by atoms with Gasteiger partial charge in [-0.15, -0.1) is 0 Å². The second-order valence-corrected chi connectivity index (χ2v) is 9.82. The molecule has 7 nitrogen and oxygen atoms in total. The van der Waals surface area contributed by atoms with Gasteiger partial charge in [0.1, 0.15) is 11.5 Å². The van der Waals surface area contributed by atoms with Crippen molar-refractivity contribution in [1.29, 1.82) is 0 Å². The number of rotatable bonds is 6. The van der Waals surface area contributed by atoms with Gasteiger partial charge in [-0.3, -0.25) is 9.48 Å². The quantitative estimate of drug-likeness (QED) is 0.378. The zero-order valence-electron chi connectivity index (χ0n) is 19.8. The normalized spacial score (nSPS) is 16.5. The van der Waals surface area contributed by atoms with Gasteiger partial charge in [0.15, 0.2) is 0 Å². The van der Waals surface area contributed by atoms with E-state index in [0.717, 1.165) is 33.3 Å². The third-order valence-corrected chi connectivity index (χ3v) is 6.49. The highest BCUT2D eigenvalue weighted by atomic mass is 19.1. The molecule has 1 aliphatic carbocycles. The van der Waals surface area contributed by atoms with Crippen LogP contribution in [-0.4, -0.2) is 36.4 Å². The molecule has 0 bridgehead atoms. The fraction of sp³-hybridized carbons (Fsp3) is 0.296. The van der Waals surface area contributed by atoms with Crippen LogP contribution in [0.3, 0.4) is 0 Å². The van der Waals surface area contributed by atoms with E-state index in [4.69, 9.17) is 5.73 Å². The van der Waals surface area contributed by atoms with E-state index >= 15 is 4.39 Å². The molecule has 8 heteroatoms. The van der Waals surface area contributed by atoms with E-state index in [-0.39, 0.29) is 17.6 Å². The molecule has 0 saturated carbocycles. The number of aliphatic hydroxyl groups is 1. The van der Waals surface area contributed by atoms with Crippen LogP contribution in [0, 0.1) is 11.7 Å². The first-order valence-electron chi connectivity index (χ1n) is 11.7. The van der Waals surface area contributed by atoms with Gasteiger partial charge in [-0.05, 0) is 61.9 Å². The van der Waals surface area contributed by atoms with E-state index in [0.29, 0.717) is 36.9 Å². The number of aromatic nitrogens is 4. The Bertz CT molecular complexity index is 1440. The zero-order chi connectivity index (χ0) is 24.7. The summed E-state index contributed by atoms with van der Waals surface area (Å²) in [5.41, 5.74) is 10.1. The van der Waals surface area contributed by atoms with Crippen LogP contribution in [0.2, 0.25) is 0 Å². The molecule has 0 aliphatic heterocycles. The van der Waals surface area contributed by atoms with Crippen LogP contribution >= 0.6 is 0 Å². The van der Waals surface area contributed by atoms with Crippen LogP contribution < -0.4 is 5.73 Å². The van der Waals surface area contributed by atoms with E-state index in [9.17, 15) is 9.90 Å². The molecule has 35 heavy (non-hydrogen) atoms. The van der Waals surface area contributed by atoms with Crippen molar-refractivity contribution in [3.05, 3.63) is 66.5 Å². The number of carbonyl (C=O) groups is 1. The van der Waals surface area contributed by atoms with Crippen LogP contribution in [0.25, 0.3) is 38.9 Å². The fourth-order valence-electron chi connectivity index (χ4n) is 4.79. The number of primary amides is 1. The van der Waals surface area contributed by atoms with Gasteiger partial charge in [0.25, 0.3) is 0 Å². The maximum atomic E-state index is 15.4. The number of pyridine rings is 1. The number of benzene rings is 1. The summed E-state index contributed by atoms with van der Waals surface area (Å²) in [7, 11) is 0. The predicted molar refractivity (Wildman–Crippen MR) is 134 cm³/mol. The van der Waals surface area contributed by atoms with E-state index in [1.54, 1.807) is 43.2 Å². The first-order valence-corrected chi connectivity index (χ1v) is 11.7. The number of H-pyrrole nitrogens is 1. The molecular weight excluding hydrogens is 445 g/mol. The number of amides is 1. The summed E-state index contributed by atoms with van der Waals surface area (Å²) in [5.74, 6) is -0.790. The van der Waals surface area contributed by atoms with E-state index in [2.05, 4.69) is 21.1 Å². The average Bonchev–Trinajstić information content (AvgIpc) is 3.46. The Balaban J connectivity index is 1.54. The molecule has 3 aromatic heterocycles. The maximum absolute atomic E-state index is 15.4. The standard InChI is InChI=1S/C27H28FN5O2/c1-27(2,35)15-33-14-19(12-32-33)20-8-7-18(11-23(20)28)22-13-31-26-21(9-10-30-26)24(22)16-3-5-17(6-4-16)25(29)34/h3,7-14,17,35H,4-6,15H2,1-2H3,(H2,29,34)(H,30,31). The lowest BCUT2D eigenvalue weighted by atomic mass is 9.83. The van der Waals surface area contributed by atoms with Gasteiger partial charge in [-0.25, -0.2) is 9.37 Å². The smallest absolute Gasteiger partial charge is 0.220 e. The Hall–Kier alpha value is -3.78. The molecule has 180 valence electrons. The molecule has 1 unspecified atom stereocenters. The van der Waals surface area contributed by atoms with Crippen LogP contribution in [0.15, 0.2) is 55.1 Å². The summed E-state index contributed by atoms with van der Waals surface area (Å²) >= 11 is 0. The highest BCUT2D eigenvalue weighted by Gasteiger charge is 2.24. The highest BCUT2D eigenvalue weighted by molar-refractivity contribution is 5.98. The lowest BCUT2D eigenvalue weighted by Gasteiger charge is -2.22. The van der Waals surface area contributed by atoms with E-state index in [1.165, 1.54) is 6.07 Å². The molecular formula is C27H28FN5O2. The Morgan fingerprint density at radius 2 is 2.09 bits per heavy atom. The highest BCUT2D eigenvalue weighted by Crippen LogP contribution is 2.40. The molecule has 4 aromatic rings. The zero-order valence-corrected chi connectivity index (χ0v) is 19.8. The van der Waals surface area contributed by atoms with Gasteiger partial charge < -0.3 is 15.8 Å². The number of nitrogens with two attached hydrogens (primary N) is 1. The Labute approximate surface area is 202 Å². The molecule has 0 radical (unpaired) electrons. The first-order chi connectivity index (χ1) is 16.7. The summed E-state index contributed by atoms with van der Waals surface area (Å²) in [4.78, 5) is 19.3. The van der Waals surface area contributed by atoms with Crippen molar-refractivity contribution in [3.63, 3.8) is 0 Å². The van der Waals surface area contributed by atoms with Crippen LogP contribution in [0.1, 0.15) is 38.7 Å². The minimum absolute atomic E-state index is 0.153. The molecule has 3 heterocycles. The molecule has 4 N–H and O–H groups in total. The summed E-state index contributed by atoms with van der Waals surface area (Å²) in [6.07, 6.45) is 11.0. The van der Waals surface area contributed by atoms with Crippen LogP contribution in [-0.2, 0) is 11.3 Å². The molecule has 0 fully saturated rings. The van der Waals surface area contributed by atoms with Gasteiger partial charge in [-0.1, -0.05) is 18.2 Å². The maximum Gasteiger partial charge on any atom is 0.220 e. The minimum atomic E-state index is -0.919. The van der Waals surface area contributed by atoms with Gasteiger partial charge >= 0.3 is 0 Å². The number of aromatic amines is 1. The monoisotopic (exact) mass is 473 g/mol. The van der Waals surface area contributed by atoms with Crippen molar-refractivity contribution in [2.75, 3.05) is 0 Å². The molecule has 0 spiro atoms. The first kappa shape index (κ1) is 23.0. The van der Waals surface area contributed by atoms with Gasteiger partial charge in [0.2, 0.25) is 5.91 Å². The number of hydrogen-bond donors (Lipinski definition) is 3. The van der Waals surface area contributed by atoms with Crippen molar-refractivity contribution in [2.45, 2.75) is 45.3 Å². The summed E-state index contributed by atoms with van der Waals surface area (Å²) < 4.78 is 17.0. The van der Waals surface area contributed by atoms with E-state index < -0.39 is 5.60 Å². The largest absolute Gasteiger partial charge is 0.389 e. The number of nitrogens with zero attached hydrogens (tertiary/aromatic N) is 3. The summed E-state index contributed by atoms with van der Waals surface area (Å²) in [5, 5.41) is 15.3. The lowest BCUT2D eigenvalue weighted by Crippen LogP contribution is -2.26. The number of hydrogen-bond acceptors (Lipinski definition) is 4. The number of allylic oxidation sites excluding steroid dienone is 2. The van der Waals surface area contributed by atoms with E-state index in [1.807, 2.05) is 18.3 Å². The summed E-state index contributed by atoms with van der Waals surface area (Å²) in [6, 6.07) is 7.14. The summed E-state index contributed by atoms with van der Waals surface area (Å²) in [6.45, 7) is 3.71. The molecule has 0 saturated heterocycles. The third-order valence-electron chi connectivity index (χ3n) is 6.49. The molecule has 1 aromatic carbocycles. The second kappa shape index (κ2) is 8.78. The molecule has 1 aliphatic rings. The number of halogens is 1. The number of carbonyl (C=O) groups excluding carboxylic acids is 1. The van der Waals surface area contributed by atoms with Crippen molar-refractivity contribution in [3.8, 4) is 22.3 Å². The number of nitrogens with one attached hydrogen (secondary N) is 1. The molecule has 5 rings (SSSR count). The van der Waals surface area contributed by atoms with Crippen molar-refractivity contribution in [1.82, 2.24) is 19.7 Å². The molecule has 1 amide bonds. The average molecular weight is 474 g/mol. The lowest BCUT2D eigenvalue weighted by molar-refractivity contribution is -0.121. The van der Waals surface area contributed by atoms with Crippen molar-refractivity contribution in [2.24, 2.45) is 11.7 Å². The third kappa shape index (κ3) is 4.61. The molecule has 1 atom stereocenters. The van der Waals surface area contributed by atoms with Gasteiger partial charge in [-0.2, -0.15) is 5.10 Å². The van der Waals surface area contributed by atoms with Gasteiger partial charge in [0.05, 0.1) is 18.3 Å². The predicted octanol–water partition coefficient (Wildman–Crippen LogP) is 4.67.